The van der Waals surface area contributed by atoms with Gasteiger partial charge in [0, 0.05) is 10.7 Å². The Morgan fingerprint density at radius 3 is 2.32 bits per heavy atom. The van der Waals surface area contributed by atoms with Crippen LogP contribution >= 0.6 is 11.6 Å². The lowest BCUT2D eigenvalue weighted by Crippen LogP contribution is -2.37. The lowest BCUT2D eigenvalue weighted by molar-refractivity contribution is -0.114. The Morgan fingerprint density at radius 2 is 1.68 bits per heavy atom. The van der Waals surface area contributed by atoms with Crippen molar-refractivity contribution >= 4 is 38.9 Å². The molecule has 0 aromatic heterocycles. The minimum atomic E-state index is -3.69. The Bertz CT molecular complexity index is 1150. The first-order chi connectivity index (χ1) is 14.7. The first-order valence-corrected chi connectivity index (χ1v) is 11.8. The largest absolute Gasteiger partial charge is 0.489 e. The van der Waals surface area contributed by atoms with Crippen molar-refractivity contribution in [3.8, 4) is 5.75 Å². The summed E-state index contributed by atoms with van der Waals surface area (Å²) in [4.78, 5) is 12.5. The maximum absolute atomic E-state index is 12.5. The number of rotatable bonds is 8. The maximum atomic E-state index is 12.5. The average molecular weight is 459 g/mol. The molecule has 1 amide bonds. The minimum absolute atomic E-state index is 0.366. The second-order valence-electron chi connectivity index (χ2n) is 7.00. The van der Waals surface area contributed by atoms with Gasteiger partial charge in [0.15, 0.2) is 0 Å². The van der Waals surface area contributed by atoms with Crippen LogP contribution in [0.3, 0.4) is 0 Å². The van der Waals surface area contributed by atoms with E-state index in [1.807, 2.05) is 30.3 Å². The van der Waals surface area contributed by atoms with Gasteiger partial charge in [0.05, 0.1) is 11.9 Å². The number of ether oxygens (including phenoxy) is 1. The quantitative estimate of drug-likeness (QED) is 0.534. The molecular formula is C23H23ClN2O4S. The van der Waals surface area contributed by atoms with Crippen molar-refractivity contribution in [3.63, 3.8) is 0 Å². The average Bonchev–Trinajstić information content (AvgIpc) is 2.74. The number of hydrogen-bond acceptors (Lipinski definition) is 4. The summed E-state index contributed by atoms with van der Waals surface area (Å²) in [5.74, 6) is 0.125. The molecule has 0 unspecified atom stereocenters. The summed E-state index contributed by atoms with van der Waals surface area (Å²) in [5, 5.41) is 3.24. The highest BCUT2D eigenvalue weighted by molar-refractivity contribution is 7.92. The second-order valence-corrected chi connectivity index (χ2v) is 9.31. The van der Waals surface area contributed by atoms with Crippen LogP contribution in [0.2, 0.25) is 5.02 Å². The maximum Gasteiger partial charge on any atom is 0.245 e. The van der Waals surface area contributed by atoms with E-state index in [-0.39, 0.29) is 6.54 Å². The number of halogens is 1. The third-order valence-electron chi connectivity index (χ3n) is 4.60. The molecular weight excluding hydrogens is 436 g/mol. The van der Waals surface area contributed by atoms with Gasteiger partial charge in [0.25, 0.3) is 0 Å². The topological polar surface area (TPSA) is 75.7 Å². The first-order valence-electron chi connectivity index (χ1n) is 9.53. The van der Waals surface area contributed by atoms with E-state index in [0.717, 1.165) is 16.1 Å². The highest BCUT2D eigenvalue weighted by Crippen LogP contribution is 2.24. The molecule has 0 aliphatic rings. The Balaban J connectivity index is 1.70. The van der Waals surface area contributed by atoms with Gasteiger partial charge in [-0.15, -0.1) is 0 Å². The summed E-state index contributed by atoms with van der Waals surface area (Å²) in [7, 11) is -3.69. The highest BCUT2D eigenvalue weighted by Gasteiger charge is 2.21. The van der Waals surface area contributed by atoms with Gasteiger partial charge in [0.1, 0.15) is 18.9 Å². The van der Waals surface area contributed by atoms with E-state index in [1.54, 1.807) is 49.4 Å². The number of anilines is 2. The molecule has 162 valence electrons. The van der Waals surface area contributed by atoms with Crippen LogP contribution in [0.4, 0.5) is 11.4 Å². The van der Waals surface area contributed by atoms with E-state index < -0.39 is 15.9 Å². The molecule has 0 atom stereocenters. The van der Waals surface area contributed by atoms with Crippen molar-refractivity contribution in [2.45, 2.75) is 13.5 Å². The van der Waals surface area contributed by atoms with Crippen LogP contribution in [0.25, 0.3) is 0 Å². The standard InChI is InChI=1S/C23H23ClN2O4S/c1-17-21(24)9-6-10-22(17)25-23(27)15-26(31(2,28)29)19-11-13-20(14-12-19)30-16-18-7-4-3-5-8-18/h3-14H,15-16H2,1-2H3,(H,25,27). The molecule has 3 rings (SSSR count). The lowest BCUT2D eigenvalue weighted by atomic mass is 10.2. The number of carbonyl (C=O) groups excluding carboxylic acids is 1. The summed E-state index contributed by atoms with van der Waals surface area (Å²) in [6, 6.07) is 21.4. The SMILES string of the molecule is Cc1c(Cl)cccc1NC(=O)CN(c1ccc(OCc2ccccc2)cc1)S(C)(=O)=O. The lowest BCUT2D eigenvalue weighted by Gasteiger charge is -2.22. The highest BCUT2D eigenvalue weighted by atomic mass is 35.5. The van der Waals surface area contributed by atoms with E-state index in [4.69, 9.17) is 16.3 Å². The van der Waals surface area contributed by atoms with E-state index in [1.165, 1.54) is 0 Å². The third-order valence-corrected chi connectivity index (χ3v) is 6.15. The molecule has 1 N–H and O–H groups in total. The number of nitrogens with zero attached hydrogens (tertiary/aromatic N) is 1. The van der Waals surface area contributed by atoms with Gasteiger partial charge in [0.2, 0.25) is 15.9 Å². The predicted octanol–water partition coefficient (Wildman–Crippen LogP) is 4.63. The summed E-state index contributed by atoms with van der Waals surface area (Å²) in [5.41, 5.74) is 2.64. The molecule has 0 aliphatic carbocycles. The number of hydrogen-bond donors (Lipinski definition) is 1. The Morgan fingerprint density at radius 1 is 1.00 bits per heavy atom. The Kier molecular flexibility index (Phi) is 7.20. The molecule has 3 aromatic carbocycles. The van der Waals surface area contributed by atoms with E-state index >= 15 is 0 Å². The first kappa shape index (κ1) is 22.7. The predicted molar refractivity (Wildman–Crippen MR) is 124 cm³/mol. The third kappa shape index (κ3) is 6.23. The van der Waals surface area contributed by atoms with Crippen molar-refractivity contribution in [2.24, 2.45) is 0 Å². The molecule has 0 radical (unpaired) electrons. The van der Waals surface area contributed by atoms with Crippen LogP contribution in [0.5, 0.6) is 5.75 Å². The number of nitrogens with one attached hydrogen (secondary N) is 1. The zero-order valence-electron chi connectivity index (χ0n) is 17.2. The van der Waals surface area contributed by atoms with Gasteiger partial charge in [-0.05, 0) is 54.4 Å². The molecule has 3 aromatic rings. The van der Waals surface area contributed by atoms with Crippen LogP contribution in [0.15, 0.2) is 72.8 Å². The molecule has 0 spiro atoms. The molecule has 6 nitrogen and oxygen atoms in total. The molecule has 31 heavy (non-hydrogen) atoms. The van der Waals surface area contributed by atoms with Crippen molar-refractivity contribution in [1.29, 1.82) is 0 Å². The fourth-order valence-corrected chi connectivity index (χ4v) is 3.94. The smallest absolute Gasteiger partial charge is 0.245 e. The summed E-state index contributed by atoms with van der Waals surface area (Å²) < 4.78 is 31.4. The summed E-state index contributed by atoms with van der Waals surface area (Å²) in [6.45, 7) is 1.81. The van der Waals surface area contributed by atoms with Crippen LogP contribution < -0.4 is 14.4 Å². The van der Waals surface area contributed by atoms with Crippen LogP contribution in [0, 0.1) is 6.92 Å². The van der Waals surface area contributed by atoms with Crippen molar-refractivity contribution in [2.75, 3.05) is 22.4 Å². The van der Waals surface area contributed by atoms with Crippen LogP contribution in [0.1, 0.15) is 11.1 Å². The van der Waals surface area contributed by atoms with Crippen molar-refractivity contribution in [3.05, 3.63) is 88.9 Å². The molecule has 8 heteroatoms. The summed E-state index contributed by atoms with van der Waals surface area (Å²) in [6.07, 6.45) is 1.06. The number of carbonyl (C=O) groups is 1. The molecule has 0 heterocycles. The van der Waals surface area contributed by atoms with Gasteiger partial charge >= 0.3 is 0 Å². The molecule has 0 fully saturated rings. The Hall–Kier alpha value is -3.03. The van der Waals surface area contributed by atoms with Gasteiger partial charge in [-0.2, -0.15) is 0 Å². The fourth-order valence-electron chi connectivity index (χ4n) is 2.91. The number of amides is 1. The van der Waals surface area contributed by atoms with E-state index in [9.17, 15) is 13.2 Å². The van der Waals surface area contributed by atoms with E-state index in [2.05, 4.69) is 5.32 Å². The minimum Gasteiger partial charge on any atom is -0.489 e. The zero-order chi connectivity index (χ0) is 22.4. The normalized spacial score (nSPS) is 11.1. The Labute approximate surface area is 187 Å². The molecule has 0 bridgehead atoms. The van der Waals surface area contributed by atoms with E-state index in [0.29, 0.717) is 34.3 Å². The monoisotopic (exact) mass is 458 g/mol. The van der Waals surface area contributed by atoms with Crippen molar-refractivity contribution in [1.82, 2.24) is 0 Å². The number of benzene rings is 3. The molecule has 0 saturated heterocycles. The van der Waals surface area contributed by atoms with Crippen LogP contribution in [-0.2, 0) is 21.4 Å². The van der Waals surface area contributed by atoms with Gasteiger partial charge in [-0.25, -0.2) is 8.42 Å². The second kappa shape index (κ2) is 9.85. The van der Waals surface area contributed by atoms with Gasteiger partial charge in [-0.1, -0.05) is 48.0 Å². The number of sulfonamides is 1. The summed E-state index contributed by atoms with van der Waals surface area (Å²) >= 11 is 6.08. The van der Waals surface area contributed by atoms with Gasteiger partial charge in [-0.3, -0.25) is 9.10 Å². The fraction of sp³-hybridized carbons (Fsp3) is 0.174. The molecule has 0 saturated carbocycles. The molecule has 0 aliphatic heterocycles. The van der Waals surface area contributed by atoms with Crippen LogP contribution in [-0.4, -0.2) is 27.1 Å². The van der Waals surface area contributed by atoms with Gasteiger partial charge < -0.3 is 10.1 Å². The van der Waals surface area contributed by atoms with Crippen molar-refractivity contribution < 1.29 is 17.9 Å². The zero-order valence-corrected chi connectivity index (χ0v) is 18.8.